The Balaban J connectivity index is 1.31. The third-order valence-corrected chi connectivity index (χ3v) is 6.35. The molecular formula is C25H20N10. The average molecular weight is 461 g/mol. The smallest absolute Gasteiger partial charge is 0.181 e. The Labute approximate surface area is 199 Å². The molecule has 0 spiro atoms. The summed E-state index contributed by atoms with van der Waals surface area (Å²) < 4.78 is 0. The number of H-pyrrole nitrogens is 2. The lowest BCUT2D eigenvalue weighted by Gasteiger charge is -2.37. The zero-order chi connectivity index (χ0) is 23.4. The fourth-order valence-corrected chi connectivity index (χ4v) is 4.53. The van der Waals surface area contributed by atoms with Crippen molar-refractivity contribution in [2.24, 2.45) is 5.73 Å². The molecule has 10 heteroatoms. The molecule has 1 fully saturated rings. The van der Waals surface area contributed by atoms with Crippen LogP contribution in [0.2, 0.25) is 0 Å². The number of aromatic nitrogens is 8. The van der Waals surface area contributed by atoms with E-state index in [4.69, 9.17) is 10.7 Å². The maximum Gasteiger partial charge on any atom is 0.181 e. The van der Waals surface area contributed by atoms with Crippen LogP contribution in [-0.2, 0) is 0 Å². The van der Waals surface area contributed by atoms with Crippen LogP contribution in [0.4, 0.5) is 5.82 Å². The van der Waals surface area contributed by atoms with Gasteiger partial charge in [-0.1, -0.05) is 6.07 Å². The van der Waals surface area contributed by atoms with E-state index in [0.29, 0.717) is 5.65 Å². The number of nitrogens with one attached hydrogen (secondary N) is 2. The quantitative estimate of drug-likeness (QED) is 0.365. The lowest BCUT2D eigenvalue weighted by Crippen LogP contribution is -2.56. The predicted octanol–water partition coefficient (Wildman–Crippen LogP) is 3.17. The summed E-state index contributed by atoms with van der Waals surface area (Å²) in [6, 6.07) is 8.29. The Bertz CT molecular complexity index is 1680. The second kappa shape index (κ2) is 7.67. The molecule has 1 saturated heterocycles. The fraction of sp³-hybridized carbons (Fsp3) is 0.120. The number of hydrogen-bond acceptors (Lipinski definition) is 8. The van der Waals surface area contributed by atoms with Crippen LogP contribution in [-0.4, -0.2) is 59.2 Å². The van der Waals surface area contributed by atoms with E-state index in [-0.39, 0.29) is 6.04 Å². The van der Waals surface area contributed by atoms with Crippen molar-refractivity contribution < 1.29 is 0 Å². The van der Waals surface area contributed by atoms with E-state index in [2.05, 4.69) is 46.1 Å². The summed E-state index contributed by atoms with van der Waals surface area (Å²) in [6.45, 7) is 1.58. The number of anilines is 1. The van der Waals surface area contributed by atoms with E-state index in [1.54, 1.807) is 24.8 Å². The van der Waals surface area contributed by atoms with Crippen LogP contribution in [0.3, 0.4) is 0 Å². The van der Waals surface area contributed by atoms with Crippen LogP contribution < -0.4 is 10.6 Å². The zero-order valence-electron chi connectivity index (χ0n) is 18.6. The molecule has 1 aliphatic heterocycles. The van der Waals surface area contributed by atoms with Gasteiger partial charge in [-0.2, -0.15) is 5.10 Å². The van der Waals surface area contributed by atoms with E-state index in [0.717, 1.165) is 69.0 Å². The van der Waals surface area contributed by atoms with Gasteiger partial charge in [0, 0.05) is 71.4 Å². The van der Waals surface area contributed by atoms with E-state index >= 15 is 0 Å². The number of hydrogen-bond donors (Lipinski definition) is 3. The molecule has 6 aromatic rings. The van der Waals surface area contributed by atoms with Crippen molar-refractivity contribution in [1.29, 1.82) is 0 Å². The van der Waals surface area contributed by atoms with Crippen molar-refractivity contribution in [3.8, 4) is 33.8 Å². The number of fused-ring (bicyclic) bond motifs is 2. The maximum absolute atomic E-state index is 5.93. The summed E-state index contributed by atoms with van der Waals surface area (Å²) in [5.74, 6) is 0.822. The van der Waals surface area contributed by atoms with Gasteiger partial charge < -0.3 is 15.6 Å². The monoisotopic (exact) mass is 460 g/mol. The van der Waals surface area contributed by atoms with Gasteiger partial charge in [-0.05, 0) is 18.2 Å². The molecule has 0 bridgehead atoms. The summed E-state index contributed by atoms with van der Waals surface area (Å²) in [4.78, 5) is 28.0. The highest BCUT2D eigenvalue weighted by Gasteiger charge is 2.24. The molecule has 0 saturated carbocycles. The molecule has 7 heterocycles. The van der Waals surface area contributed by atoms with Gasteiger partial charge in [-0.3, -0.25) is 20.1 Å². The highest BCUT2D eigenvalue weighted by molar-refractivity contribution is 6.00. The van der Waals surface area contributed by atoms with Crippen molar-refractivity contribution in [3.63, 3.8) is 0 Å². The minimum Gasteiger partial charge on any atom is -0.352 e. The van der Waals surface area contributed by atoms with Gasteiger partial charge >= 0.3 is 0 Å². The molecular weight excluding hydrogens is 440 g/mol. The van der Waals surface area contributed by atoms with Crippen molar-refractivity contribution in [2.75, 3.05) is 18.0 Å². The summed E-state index contributed by atoms with van der Waals surface area (Å²) in [5.41, 5.74) is 12.9. The molecule has 7 rings (SSSR count). The van der Waals surface area contributed by atoms with E-state index < -0.39 is 0 Å². The second-order valence-corrected chi connectivity index (χ2v) is 8.69. The van der Waals surface area contributed by atoms with Crippen LogP contribution in [0.25, 0.3) is 55.7 Å². The highest BCUT2D eigenvalue weighted by atomic mass is 15.3. The van der Waals surface area contributed by atoms with E-state index in [1.165, 1.54) is 0 Å². The SMILES string of the molecule is NC1CN(c2cncc(-c3cnc4n[nH]c(-c5cc6c(-c7cccnc7)cncc6[nH]5)c4c3)n2)C1. The highest BCUT2D eigenvalue weighted by Crippen LogP contribution is 2.34. The summed E-state index contributed by atoms with van der Waals surface area (Å²) >= 11 is 0. The predicted molar refractivity (Wildman–Crippen MR) is 133 cm³/mol. The third kappa shape index (κ3) is 3.30. The second-order valence-electron chi connectivity index (χ2n) is 8.69. The van der Waals surface area contributed by atoms with Gasteiger partial charge in [0.05, 0.1) is 41.2 Å². The molecule has 10 nitrogen and oxygen atoms in total. The van der Waals surface area contributed by atoms with Crippen molar-refractivity contribution in [3.05, 3.63) is 67.6 Å². The molecule has 35 heavy (non-hydrogen) atoms. The normalized spacial score (nSPS) is 14.0. The molecule has 4 N–H and O–H groups in total. The van der Waals surface area contributed by atoms with Crippen LogP contribution in [0.15, 0.2) is 67.6 Å². The Kier molecular flexibility index (Phi) is 4.33. The number of aromatic amines is 2. The molecule has 0 atom stereocenters. The van der Waals surface area contributed by atoms with E-state index in [1.807, 2.05) is 36.8 Å². The van der Waals surface area contributed by atoms with Crippen LogP contribution in [0, 0.1) is 0 Å². The molecule has 0 aliphatic carbocycles. The van der Waals surface area contributed by atoms with Crippen molar-refractivity contribution >= 4 is 27.8 Å². The first kappa shape index (κ1) is 19.7. The molecule has 0 amide bonds. The van der Waals surface area contributed by atoms with Gasteiger partial charge in [-0.25, -0.2) is 9.97 Å². The minimum atomic E-state index is 0.192. The number of nitrogens with two attached hydrogens (primary N) is 1. The summed E-state index contributed by atoms with van der Waals surface area (Å²) in [7, 11) is 0. The standard InChI is InChI=1S/C25H20N10/c26-16-12-35(13-16)23-11-29-9-21(32-23)15-4-18-24(33-34-25(18)30-7-15)20-5-17-19(8-28-10-22(17)31-20)14-2-1-3-27-6-14/h1-11,16,31H,12-13,26H2,(H,30,33,34). The third-order valence-electron chi connectivity index (χ3n) is 6.35. The number of pyridine rings is 3. The van der Waals surface area contributed by atoms with Gasteiger partial charge in [0.1, 0.15) is 5.82 Å². The van der Waals surface area contributed by atoms with Crippen molar-refractivity contribution in [1.82, 2.24) is 40.1 Å². The fourth-order valence-electron chi connectivity index (χ4n) is 4.53. The van der Waals surface area contributed by atoms with Gasteiger partial charge in [0.2, 0.25) is 0 Å². The molecule has 1 aliphatic rings. The zero-order valence-corrected chi connectivity index (χ0v) is 18.6. The number of rotatable bonds is 4. The largest absolute Gasteiger partial charge is 0.352 e. The lowest BCUT2D eigenvalue weighted by molar-refractivity contribution is 0.514. The Morgan fingerprint density at radius 2 is 1.83 bits per heavy atom. The van der Waals surface area contributed by atoms with Crippen LogP contribution in [0.5, 0.6) is 0 Å². The lowest BCUT2D eigenvalue weighted by atomic mass is 10.1. The first-order chi connectivity index (χ1) is 17.2. The molecule has 0 aromatic carbocycles. The molecule has 6 aromatic heterocycles. The maximum atomic E-state index is 5.93. The minimum absolute atomic E-state index is 0.192. The Morgan fingerprint density at radius 3 is 2.69 bits per heavy atom. The first-order valence-corrected chi connectivity index (χ1v) is 11.3. The van der Waals surface area contributed by atoms with Gasteiger partial charge in [-0.15, -0.1) is 0 Å². The molecule has 170 valence electrons. The summed E-state index contributed by atoms with van der Waals surface area (Å²) in [6.07, 6.45) is 12.6. The van der Waals surface area contributed by atoms with E-state index in [9.17, 15) is 0 Å². The van der Waals surface area contributed by atoms with Crippen LogP contribution >= 0.6 is 0 Å². The Morgan fingerprint density at radius 1 is 0.914 bits per heavy atom. The topological polar surface area (TPSA) is 138 Å². The molecule has 0 radical (unpaired) electrons. The average Bonchev–Trinajstić information content (AvgIpc) is 3.51. The first-order valence-electron chi connectivity index (χ1n) is 11.3. The number of nitrogens with zero attached hydrogens (tertiary/aromatic N) is 7. The van der Waals surface area contributed by atoms with Gasteiger partial charge in [0.25, 0.3) is 0 Å². The van der Waals surface area contributed by atoms with Crippen molar-refractivity contribution in [2.45, 2.75) is 6.04 Å². The molecule has 0 unspecified atom stereocenters. The Hall–Kier alpha value is -4.70. The van der Waals surface area contributed by atoms with Crippen LogP contribution in [0.1, 0.15) is 0 Å². The van der Waals surface area contributed by atoms with Gasteiger partial charge in [0.15, 0.2) is 5.65 Å². The summed E-state index contributed by atoms with van der Waals surface area (Å²) in [5, 5.41) is 9.51.